The Balaban J connectivity index is 2.74. The summed E-state index contributed by atoms with van der Waals surface area (Å²) in [6.45, 7) is 2.88. The zero-order valence-corrected chi connectivity index (χ0v) is 11.1. The van der Waals surface area contributed by atoms with Gasteiger partial charge < -0.3 is 4.74 Å². The topological polar surface area (TPSA) is 52.6 Å². The van der Waals surface area contributed by atoms with Crippen molar-refractivity contribution in [3.8, 4) is 5.75 Å². The van der Waals surface area contributed by atoms with E-state index in [0.717, 1.165) is 0 Å². The minimum absolute atomic E-state index is 0.102. The Morgan fingerprint density at radius 3 is 2.42 bits per heavy atom. The van der Waals surface area contributed by atoms with Gasteiger partial charge in [0, 0.05) is 0 Å². The van der Waals surface area contributed by atoms with Crippen LogP contribution in [-0.4, -0.2) is 20.0 Å². The van der Waals surface area contributed by atoms with Gasteiger partial charge in [0.15, 0.2) is 0 Å². The fourth-order valence-corrected chi connectivity index (χ4v) is 1.62. The quantitative estimate of drug-likeness (QED) is 0.619. The van der Waals surface area contributed by atoms with E-state index >= 15 is 0 Å². The van der Waals surface area contributed by atoms with Crippen LogP contribution in [0.1, 0.15) is 19.4 Å². The van der Waals surface area contributed by atoms with E-state index < -0.39 is 22.2 Å². The third kappa shape index (κ3) is 4.71. The number of alkyl halides is 3. The van der Waals surface area contributed by atoms with Gasteiger partial charge in [0.25, 0.3) is 0 Å². The summed E-state index contributed by atoms with van der Waals surface area (Å²) in [6, 6.07) is 6.02. The first-order valence-electron chi connectivity index (χ1n) is 5.33. The molecule has 0 spiro atoms. The van der Waals surface area contributed by atoms with E-state index in [0.29, 0.717) is 5.75 Å². The van der Waals surface area contributed by atoms with Crippen molar-refractivity contribution in [2.45, 2.75) is 32.1 Å². The van der Waals surface area contributed by atoms with Gasteiger partial charge in [-0.05, 0) is 31.5 Å². The van der Waals surface area contributed by atoms with Crippen molar-refractivity contribution in [1.29, 1.82) is 0 Å². The van der Waals surface area contributed by atoms with E-state index in [9.17, 15) is 21.6 Å². The van der Waals surface area contributed by atoms with Crippen LogP contribution in [0.25, 0.3) is 0 Å². The Morgan fingerprint density at radius 2 is 1.89 bits per heavy atom. The van der Waals surface area contributed by atoms with Crippen LogP contribution in [0.5, 0.6) is 5.75 Å². The van der Waals surface area contributed by atoms with Gasteiger partial charge in [0.2, 0.25) is 0 Å². The van der Waals surface area contributed by atoms with Gasteiger partial charge >= 0.3 is 15.6 Å². The average Bonchev–Trinajstić information content (AvgIpc) is 2.24. The molecule has 0 aliphatic rings. The first-order chi connectivity index (χ1) is 8.62. The SMILES string of the molecule is CC(C)Oc1cccc(COS(=O)(=O)C(F)(F)F)c1. The second-order valence-corrected chi connectivity index (χ2v) is 5.58. The molecule has 4 nitrogen and oxygen atoms in total. The molecule has 0 atom stereocenters. The highest BCUT2D eigenvalue weighted by atomic mass is 32.2. The van der Waals surface area contributed by atoms with E-state index in [4.69, 9.17) is 4.74 Å². The van der Waals surface area contributed by atoms with Crippen LogP contribution in [0, 0.1) is 0 Å². The zero-order valence-electron chi connectivity index (χ0n) is 10.3. The maximum atomic E-state index is 12.0. The molecule has 1 aromatic rings. The minimum atomic E-state index is -5.57. The molecule has 0 bridgehead atoms. The molecule has 108 valence electrons. The summed E-state index contributed by atoms with van der Waals surface area (Å²) in [7, 11) is -5.57. The molecule has 0 fully saturated rings. The summed E-state index contributed by atoms with van der Waals surface area (Å²) < 4.78 is 66.8. The molecule has 0 radical (unpaired) electrons. The van der Waals surface area contributed by atoms with Gasteiger partial charge in [-0.1, -0.05) is 12.1 Å². The number of ether oxygens (including phenoxy) is 1. The largest absolute Gasteiger partial charge is 0.523 e. The Kier molecular flexibility index (Phi) is 4.81. The zero-order chi connectivity index (χ0) is 14.7. The number of halogens is 3. The van der Waals surface area contributed by atoms with Gasteiger partial charge in [-0.3, -0.25) is 4.18 Å². The monoisotopic (exact) mass is 298 g/mol. The molecule has 0 saturated heterocycles. The molecule has 0 amide bonds. The van der Waals surface area contributed by atoms with E-state index in [1.165, 1.54) is 18.2 Å². The highest BCUT2D eigenvalue weighted by Gasteiger charge is 2.47. The van der Waals surface area contributed by atoms with Gasteiger partial charge in [-0.15, -0.1) is 0 Å². The fraction of sp³-hybridized carbons (Fsp3) is 0.455. The lowest BCUT2D eigenvalue weighted by molar-refractivity contribution is -0.0547. The predicted octanol–water partition coefficient (Wildman–Crippen LogP) is 2.84. The normalized spacial score (nSPS) is 12.7. The van der Waals surface area contributed by atoms with Crippen LogP contribution >= 0.6 is 0 Å². The molecular formula is C11H13F3O4S. The molecule has 0 aliphatic carbocycles. The maximum Gasteiger partial charge on any atom is 0.523 e. The van der Waals surface area contributed by atoms with E-state index in [1.54, 1.807) is 19.9 Å². The minimum Gasteiger partial charge on any atom is -0.491 e. The highest BCUT2D eigenvalue weighted by molar-refractivity contribution is 7.87. The van der Waals surface area contributed by atoms with Crippen molar-refractivity contribution < 1.29 is 30.5 Å². The molecule has 1 rings (SSSR count). The summed E-state index contributed by atoms with van der Waals surface area (Å²) in [5, 5.41) is 0. The van der Waals surface area contributed by atoms with E-state index in [1.807, 2.05) is 0 Å². The Hall–Kier alpha value is -1.28. The van der Waals surface area contributed by atoms with Crippen molar-refractivity contribution >= 4 is 10.1 Å². The molecule has 0 aliphatic heterocycles. The van der Waals surface area contributed by atoms with Crippen molar-refractivity contribution in [2.75, 3.05) is 0 Å². The molecule has 0 heterocycles. The highest BCUT2D eigenvalue weighted by Crippen LogP contribution is 2.26. The van der Waals surface area contributed by atoms with Crippen molar-refractivity contribution in [2.24, 2.45) is 0 Å². The summed E-state index contributed by atoms with van der Waals surface area (Å²) >= 11 is 0. The molecule has 8 heteroatoms. The number of hydrogen-bond donors (Lipinski definition) is 0. The lowest BCUT2D eigenvalue weighted by atomic mass is 10.2. The molecule has 0 aromatic heterocycles. The third-order valence-corrected chi connectivity index (χ3v) is 2.93. The van der Waals surface area contributed by atoms with E-state index in [-0.39, 0.29) is 11.7 Å². The maximum absolute atomic E-state index is 12.0. The predicted molar refractivity (Wildman–Crippen MR) is 62.0 cm³/mol. The van der Waals surface area contributed by atoms with Crippen LogP contribution in [0.15, 0.2) is 24.3 Å². The van der Waals surface area contributed by atoms with Crippen molar-refractivity contribution in [3.63, 3.8) is 0 Å². The van der Waals surface area contributed by atoms with Crippen LogP contribution in [-0.2, 0) is 20.9 Å². The second-order valence-electron chi connectivity index (χ2n) is 3.98. The first-order valence-corrected chi connectivity index (χ1v) is 6.74. The Bertz CT molecular complexity index is 523. The average molecular weight is 298 g/mol. The second kappa shape index (κ2) is 5.79. The molecule has 0 saturated carbocycles. The number of hydrogen-bond acceptors (Lipinski definition) is 4. The van der Waals surface area contributed by atoms with Crippen LogP contribution < -0.4 is 4.74 Å². The molecule has 19 heavy (non-hydrogen) atoms. The van der Waals surface area contributed by atoms with Crippen molar-refractivity contribution in [1.82, 2.24) is 0 Å². The van der Waals surface area contributed by atoms with Crippen LogP contribution in [0.4, 0.5) is 13.2 Å². The number of benzene rings is 1. The van der Waals surface area contributed by atoms with Crippen LogP contribution in [0.2, 0.25) is 0 Å². The smallest absolute Gasteiger partial charge is 0.491 e. The molecular weight excluding hydrogens is 285 g/mol. The Morgan fingerprint density at radius 1 is 1.26 bits per heavy atom. The van der Waals surface area contributed by atoms with Gasteiger partial charge in [0.05, 0.1) is 12.7 Å². The number of rotatable bonds is 5. The van der Waals surface area contributed by atoms with Gasteiger partial charge in [-0.25, -0.2) is 0 Å². The summed E-state index contributed by atoms with van der Waals surface area (Å²) in [5.74, 6) is 0.431. The summed E-state index contributed by atoms with van der Waals surface area (Å²) in [5.41, 5.74) is -5.15. The first kappa shape index (κ1) is 15.8. The standard InChI is InChI=1S/C11H13F3O4S/c1-8(2)18-10-5-3-4-9(6-10)7-17-19(15,16)11(12,13)14/h3-6,8H,7H2,1-2H3. The van der Waals surface area contributed by atoms with E-state index in [2.05, 4.69) is 4.18 Å². The molecule has 1 aromatic carbocycles. The van der Waals surface area contributed by atoms with Crippen LogP contribution in [0.3, 0.4) is 0 Å². The summed E-state index contributed by atoms with van der Waals surface area (Å²) in [6.07, 6.45) is -0.102. The fourth-order valence-electron chi connectivity index (χ4n) is 1.19. The van der Waals surface area contributed by atoms with Gasteiger partial charge in [0.1, 0.15) is 5.75 Å². The molecule has 0 unspecified atom stereocenters. The summed E-state index contributed by atoms with van der Waals surface area (Å²) in [4.78, 5) is 0. The Labute approximate surface area is 109 Å². The lowest BCUT2D eigenvalue weighted by Crippen LogP contribution is -2.25. The molecule has 0 N–H and O–H groups in total. The third-order valence-electron chi connectivity index (χ3n) is 1.93. The van der Waals surface area contributed by atoms with Crippen molar-refractivity contribution in [3.05, 3.63) is 29.8 Å². The lowest BCUT2D eigenvalue weighted by Gasteiger charge is -2.11. The van der Waals surface area contributed by atoms with Gasteiger partial charge in [-0.2, -0.15) is 21.6 Å².